The van der Waals surface area contributed by atoms with E-state index in [2.05, 4.69) is 32.4 Å². The van der Waals surface area contributed by atoms with Crippen molar-refractivity contribution in [3.8, 4) is 0 Å². The van der Waals surface area contributed by atoms with Crippen LogP contribution in [-0.2, 0) is 16.9 Å². The lowest BCUT2D eigenvalue weighted by Gasteiger charge is -2.25. The fraction of sp³-hybridized carbons (Fsp3) is 0.556. The minimum absolute atomic E-state index is 0.000920. The van der Waals surface area contributed by atoms with Crippen molar-refractivity contribution < 1.29 is 9.21 Å². The quantitative estimate of drug-likeness (QED) is 0.844. The molecule has 1 unspecified atom stereocenters. The number of thioether (sulfide) groups is 1. The third-order valence-electron chi connectivity index (χ3n) is 4.32. The number of rotatable bonds is 3. The molecule has 6 heteroatoms. The molecule has 0 aromatic carbocycles. The summed E-state index contributed by atoms with van der Waals surface area (Å²) in [5.74, 6) is 2.35. The maximum atomic E-state index is 12.4. The second kappa shape index (κ2) is 5.99. The standard InChI is InChI=1S/C18H25N3O2S/c1-11-7-8-14(23-11)9-20-15(22)10-24-17(20)16-12(2)19-21(13(16)3)18(4,5)6/h7-8,17H,9-10H2,1-6H3. The molecule has 1 aliphatic rings. The van der Waals surface area contributed by atoms with Gasteiger partial charge in [0.05, 0.1) is 23.5 Å². The van der Waals surface area contributed by atoms with Crippen LogP contribution in [0.5, 0.6) is 0 Å². The Morgan fingerprint density at radius 2 is 2.00 bits per heavy atom. The number of carbonyl (C=O) groups excluding carboxylic acids is 1. The molecule has 1 amide bonds. The second-order valence-electron chi connectivity index (χ2n) is 7.36. The highest BCUT2D eigenvalue weighted by Gasteiger charge is 2.37. The highest BCUT2D eigenvalue weighted by Crippen LogP contribution is 2.42. The van der Waals surface area contributed by atoms with E-state index >= 15 is 0 Å². The molecule has 0 bridgehead atoms. The van der Waals surface area contributed by atoms with Gasteiger partial charge in [0.25, 0.3) is 0 Å². The summed E-state index contributed by atoms with van der Waals surface area (Å²) in [6.07, 6.45) is 0. The van der Waals surface area contributed by atoms with Crippen LogP contribution < -0.4 is 0 Å². The van der Waals surface area contributed by atoms with E-state index in [9.17, 15) is 4.79 Å². The van der Waals surface area contributed by atoms with E-state index in [1.165, 1.54) is 0 Å². The zero-order valence-electron chi connectivity index (χ0n) is 15.2. The number of amides is 1. The summed E-state index contributed by atoms with van der Waals surface area (Å²) in [6.45, 7) is 13.0. The first kappa shape index (κ1) is 17.1. The van der Waals surface area contributed by atoms with Crippen molar-refractivity contribution in [1.82, 2.24) is 14.7 Å². The zero-order chi connectivity index (χ0) is 17.6. The Bertz CT molecular complexity index is 770. The van der Waals surface area contributed by atoms with Gasteiger partial charge in [-0.15, -0.1) is 11.8 Å². The summed E-state index contributed by atoms with van der Waals surface area (Å²) < 4.78 is 7.74. The van der Waals surface area contributed by atoms with Gasteiger partial charge in [0.1, 0.15) is 16.9 Å². The molecule has 5 nitrogen and oxygen atoms in total. The van der Waals surface area contributed by atoms with Crippen LogP contribution in [0.1, 0.15) is 54.6 Å². The Hall–Kier alpha value is -1.69. The highest BCUT2D eigenvalue weighted by molar-refractivity contribution is 8.00. The van der Waals surface area contributed by atoms with Gasteiger partial charge in [0, 0.05) is 11.3 Å². The average molecular weight is 347 g/mol. The molecule has 0 N–H and O–H groups in total. The molecule has 3 heterocycles. The molecule has 0 saturated carbocycles. The first-order chi connectivity index (χ1) is 11.2. The average Bonchev–Trinajstić information content (AvgIpc) is 3.11. The molecule has 1 saturated heterocycles. The summed E-state index contributed by atoms with van der Waals surface area (Å²) in [5.41, 5.74) is 3.20. The molecule has 2 aromatic rings. The Balaban J connectivity index is 1.96. The van der Waals surface area contributed by atoms with Gasteiger partial charge in [-0.05, 0) is 53.7 Å². The van der Waals surface area contributed by atoms with Crippen LogP contribution in [0.4, 0.5) is 0 Å². The maximum Gasteiger partial charge on any atom is 0.234 e. The van der Waals surface area contributed by atoms with E-state index in [1.54, 1.807) is 11.8 Å². The van der Waals surface area contributed by atoms with Crippen molar-refractivity contribution in [1.29, 1.82) is 0 Å². The molecular formula is C18H25N3O2S. The molecule has 3 rings (SSSR count). The number of furan rings is 1. The van der Waals surface area contributed by atoms with Crippen LogP contribution in [0.25, 0.3) is 0 Å². The Kier molecular flexibility index (Phi) is 4.28. The van der Waals surface area contributed by atoms with Crippen LogP contribution in [0.2, 0.25) is 0 Å². The molecule has 1 aliphatic heterocycles. The van der Waals surface area contributed by atoms with Gasteiger partial charge in [0.2, 0.25) is 5.91 Å². The molecule has 0 spiro atoms. The monoisotopic (exact) mass is 347 g/mol. The maximum absolute atomic E-state index is 12.4. The topological polar surface area (TPSA) is 51.3 Å². The van der Waals surface area contributed by atoms with Gasteiger partial charge in [-0.3, -0.25) is 9.48 Å². The Labute approximate surface area is 147 Å². The predicted molar refractivity (Wildman–Crippen MR) is 95.9 cm³/mol. The molecular weight excluding hydrogens is 322 g/mol. The van der Waals surface area contributed by atoms with Crippen molar-refractivity contribution in [2.75, 3.05) is 5.75 Å². The number of nitrogens with zero attached hydrogens (tertiary/aromatic N) is 3. The molecule has 0 radical (unpaired) electrons. The van der Waals surface area contributed by atoms with Crippen LogP contribution in [-0.4, -0.2) is 26.3 Å². The lowest BCUT2D eigenvalue weighted by molar-refractivity contribution is -0.128. The third kappa shape index (κ3) is 2.99. The minimum atomic E-state index is -0.0800. The molecule has 24 heavy (non-hydrogen) atoms. The summed E-state index contributed by atoms with van der Waals surface area (Å²) in [7, 11) is 0. The lowest BCUT2D eigenvalue weighted by atomic mass is 10.1. The summed E-state index contributed by atoms with van der Waals surface area (Å²) in [4.78, 5) is 14.3. The van der Waals surface area contributed by atoms with Gasteiger partial charge >= 0.3 is 0 Å². The van der Waals surface area contributed by atoms with E-state index in [0.29, 0.717) is 12.3 Å². The van der Waals surface area contributed by atoms with Gasteiger partial charge in [-0.2, -0.15) is 5.10 Å². The van der Waals surface area contributed by atoms with Crippen molar-refractivity contribution >= 4 is 17.7 Å². The number of hydrogen-bond acceptors (Lipinski definition) is 4. The smallest absolute Gasteiger partial charge is 0.234 e. The van der Waals surface area contributed by atoms with E-state index in [4.69, 9.17) is 9.52 Å². The predicted octanol–water partition coefficient (Wildman–Crippen LogP) is 3.93. The fourth-order valence-corrected chi connectivity index (χ4v) is 4.61. The van der Waals surface area contributed by atoms with Crippen LogP contribution in [0.3, 0.4) is 0 Å². The van der Waals surface area contributed by atoms with Crippen molar-refractivity contribution in [3.05, 3.63) is 40.6 Å². The first-order valence-electron chi connectivity index (χ1n) is 8.21. The SMILES string of the molecule is Cc1ccc(CN2C(=O)CSC2c2c(C)nn(C(C)(C)C)c2C)o1. The molecule has 1 atom stereocenters. The molecule has 130 valence electrons. The van der Waals surface area contributed by atoms with E-state index in [0.717, 1.165) is 28.5 Å². The number of aryl methyl sites for hydroxylation is 2. The minimum Gasteiger partial charge on any atom is -0.464 e. The van der Waals surface area contributed by atoms with Gasteiger partial charge in [-0.1, -0.05) is 0 Å². The number of hydrogen-bond donors (Lipinski definition) is 0. The number of carbonyl (C=O) groups is 1. The van der Waals surface area contributed by atoms with Crippen LogP contribution in [0, 0.1) is 20.8 Å². The van der Waals surface area contributed by atoms with Gasteiger partial charge in [0.15, 0.2) is 0 Å². The van der Waals surface area contributed by atoms with E-state index < -0.39 is 0 Å². The molecule has 1 fully saturated rings. The van der Waals surface area contributed by atoms with Gasteiger partial charge < -0.3 is 9.32 Å². The first-order valence-corrected chi connectivity index (χ1v) is 9.26. The summed E-state index contributed by atoms with van der Waals surface area (Å²) in [6, 6.07) is 3.88. The summed E-state index contributed by atoms with van der Waals surface area (Å²) in [5, 5.41) is 4.74. The van der Waals surface area contributed by atoms with Crippen LogP contribution in [0.15, 0.2) is 16.5 Å². The zero-order valence-corrected chi connectivity index (χ0v) is 16.0. The highest BCUT2D eigenvalue weighted by atomic mass is 32.2. The summed E-state index contributed by atoms with van der Waals surface area (Å²) >= 11 is 1.67. The van der Waals surface area contributed by atoms with E-state index in [1.807, 2.05) is 30.9 Å². The third-order valence-corrected chi connectivity index (χ3v) is 5.54. The molecule has 2 aromatic heterocycles. The second-order valence-corrected chi connectivity index (χ2v) is 8.43. The van der Waals surface area contributed by atoms with Crippen molar-refractivity contribution in [2.45, 2.75) is 59.0 Å². The Morgan fingerprint density at radius 3 is 2.54 bits per heavy atom. The fourth-order valence-electron chi connectivity index (χ4n) is 3.27. The molecule has 0 aliphatic carbocycles. The lowest BCUT2D eigenvalue weighted by Crippen LogP contribution is -2.28. The number of aromatic nitrogens is 2. The van der Waals surface area contributed by atoms with Crippen molar-refractivity contribution in [2.24, 2.45) is 0 Å². The normalized spacial score (nSPS) is 18.7. The van der Waals surface area contributed by atoms with E-state index in [-0.39, 0.29) is 16.8 Å². The van der Waals surface area contributed by atoms with Gasteiger partial charge in [-0.25, -0.2) is 0 Å². The Morgan fingerprint density at radius 1 is 1.29 bits per heavy atom. The largest absolute Gasteiger partial charge is 0.464 e. The van der Waals surface area contributed by atoms with Crippen LogP contribution >= 0.6 is 11.8 Å². The van der Waals surface area contributed by atoms with Crippen molar-refractivity contribution in [3.63, 3.8) is 0 Å².